The van der Waals surface area contributed by atoms with E-state index in [0.717, 1.165) is 6.07 Å². The Hall–Kier alpha value is -2.27. The van der Waals surface area contributed by atoms with E-state index in [0.29, 0.717) is 5.69 Å². The van der Waals surface area contributed by atoms with Crippen molar-refractivity contribution in [3.63, 3.8) is 0 Å². The van der Waals surface area contributed by atoms with E-state index in [-0.39, 0.29) is 22.1 Å². The largest absolute Gasteiger partial charge is 0.455 e. The van der Waals surface area contributed by atoms with Crippen molar-refractivity contribution in [2.45, 2.75) is 0 Å². The van der Waals surface area contributed by atoms with Gasteiger partial charge in [-0.15, -0.1) is 0 Å². The number of amides is 1. The summed E-state index contributed by atoms with van der Waals surface area (Å²) >= 11 is 5.84. The highest BCUT2D eigenvalue weighted by Gasteiger charge is 2.12. The van der Waals surface area contributed by atoms with Crippen molar-refractivity contribution >= 4 is 23.2 Å². The van der Waals surface area contributed by atoms with Crippen LogP contribution in [0.25, 0.3) is 0 Å². The number of nitrogens with two attached hydrogens (primary N) is 2. The molecule has 0 aliphatic carbocycles. The van der Waals surface area contributed by atoms with Crippen LogP contribution in [0.15, 0.2) is 36.4 Å². The standard InChI is InChI=1S/C13H10ClFN2O2/c14-10-5-7(15)1-3-12(10)19-11-4-2-8(16)6-9(11)13(17)18/h1-6H,16H2,(H2,17,18). The summed E-state index contributed by atoms with van der Waals surface area (Å²) in [7, 11) is 0. The van der Waals surface area contributed by atoms with Crippen molar-refractivity contribution in [3.8, 4) is 11.5 Å². The Morgan fingerprint density at radius 1 is 1.16 bits per heavy atom. The molecule has 19 heavy (non-hydrogen) atoms. The maximum absolute atomic E-state index is 12.9. The molecule has 0 aliphatic heterocycles. The molecule has 0 aromatic heterocycles. The molecule has 6 heteroatoms. The van der Waals surface area contributed by atoms with Gasteiger partial charge in [-0.1, -0.05) is 11.6 Å². The zero-order valence-corrected chi connectivity index (χ0v) is 10.4. The number of halogens is 2. The van der Waals surface area contributed by atoms with Crippen molar-refractivity contribution in [1.29, 1.82) is 0 Å². The molecule has 1 amide bonds. The van der Waals surface area contributed by atoms with Gasteiger partial charge in [0.1, 0.15) is 17.3 Å². The summed E-state index contributed by atoms with van der Waals surface area (Å²) in [6, 6.07) is 8.11. The van der Waals surface area contributed by atoms with Gasteiger partial charge in [0.05, 0.1) is 10.6 Å². The topological polar surface area (TPSA) is 78.3 Å². The van der Waals surface area contributed by atoms with Crippen molar-refractivity contribution in [1.82, 2.24) is 0 Å². The minimum atomic E-state index is -0.680. The Labute approximate surface area is 113 Å². The molecular formula is C13H10ClFN2O2. The highest BCUT2D eigenvalue weighted by Crippen LogP contribution is 2.32. The number of nitrogen functional groups attached to an aromatic ring is 1. The molecule has 2 aromatic carbocycles. The molecule has 4 nitrogen and oxygen atoms in total. The molecule has 0 saturated heterocycles. The van der Waals surface area contributed by atoms with Gasteiger partial charge in [-0.05, 0) is 36.4 Å². The van der Waals surface area contributed by atoms with Crippen LogP contribution in [0.5, 0.6) is 11.5 Å². The highest BCUT2D eigenvalue weighted by molar-refractivity contribution is 6.32. The molecule has 0 unspecified atom stereocenters. The SMILES string of the molecule is NC(=O)c1cc(N)ccc1Oc1ccc(F)cc1Cl. The summed E-state index contributed by atoms with van der Waals surface area (Å²) in [6.07, 6.45) is 0. The van der Waals surface area contributed by atoms with Gasteiger partial charge in [-0.3, -0.25) is 4.79 Å². The third kappa shape index (κ3) is 2.95. The third-order valence-electron chi connectivity index (χ3n) is 2.38. The van der Waals surface area contributed by atoms with Crippen LogP contribution in [0.4, 0.5) is 10.1 Å². The molecule has 2 aromatic rings. The molecular weight excluding hydrogens is 271 g/mol. The van der Waals surface area contributed by atoms with E-state index in [4.69, 9.17) is 27.8 Å². The first-order valence-corrected chi connectivity index (χ1v) is 5.67. The fraction of sp³-hybridized carbons (Fsp3) is 0. The average Bonchev–Trinajstić information content (AvgIpc) is 2.34. The van der Waals surface area contributed by atoms with E-state index in [9.17, 15) is 9.18 Å². The molecule has 0 atom stereocenters. The van der Waals surface area contributed by atoms with E-state index in [1.165, 1.54) is 24.3 Å². The lowest BCUT2D eigenvalue weighted by Gasteiger charge is -2.11. The molecule has 0 radical (unpaired) electrons. The van der Waals surface area contributed by atoms with E-state index in [1.807, 2.05) is 0 Å². The summed E-state index contributed by atoms with van der Waals surface area (Å²) in [5.74, 6) is -0.740. The Morgan fingerprint density at radius 2 is 1.84 bits per heavy atom. The molecule has 0 saturated carbocycles. The van der Waals surface area contributed by atoms with E-state index >= 15 is 0 Å². The minimum absolute atomic E-state index is 0.0900. The lowest BCUT2D eigenvalue weighted by atomic mass is 10.1. The van der Waals surface area contributed by atoms with Gasteiger partial charge in [-0.25, -0.2) is 4.39 Å². The second-order valence-corrected chi connectivity index (χ2v) is 4.20. The van der Waals surface area contributed by atoms with Gasteiger partial charge in [0.25, 0.3) is 5.91 Å². The van der Waals surface area contributed by atoms with Crippen LogP contribution in [-0.4, -0.2) is 5.91 Å². The van der Waals surface area contributed by atoms with Gasteiger partial charge >= 0.3 is 0 Å². The Kier molecular flexibility index (Phi) is 3.57. The molecule has 0 fully saturated rings. The van der Waals surface area contributed by atoms with E-state index < -0.39 is 11.7 Å². The van der Waals surface area contributed by atoms with Crippen molar-refractivity contribution in [2.75, 3.05) is 5.73 Å². The van der Waals surface area contributed by atoms with Crippen LogP contribution in [-0.2, 0) is 0 Å². The molecule has 0 spiro atoms. The van der Waals surface area contributed by atoms with Crippen LogP contribution in [0, 0.1) is 5.82 Å². The first kappa shape index (κ1) is 13.2. The second-order valence-electron chi connectivity index (χ2n) is 3.80. The van der Waals surface area contributed by atoms with Gasteiger partial charge in [-0.2, -0.15) is 0 Å². The van der Waals surface area contributed by atoms with Gasteiger partial charge in [0, 0.05) is 5.69 Å². The number of ether oxygens (including phenoxy) is 1. The monoisotopic (exact) mass is 280 g/mol. The zero-order chi connectivity index (χ0) is 14.0. The number of hydrogen-bond acceptors (Lipinski definition) is 3. The molecule has 0 aliphatic rings. The maximum atomic E-state index is 12.9. The third-order valence-corrected chi connectivity index (χ3v) is 2.68. The number of carbonyl (C=O) groups is 1. The highest BCUT2D eigenvalue weighted by atomic mass is 35.5. The summed E-state index contributed by atoms with van der Waals surface area (Å²) < 4.78 is 18.4. The first-order chi connectivity index (χ1) is 8.97. The van der Waals surface area contributed by atoms with Crippen LogP contribution in [0.1, 0.15) is 10.4 Å². The predicted molar refractivity (Wildman–Crippen MR) is 70.9 cm³/mol. The normalized spacial score (nSPS) is 10.2. The molecule has 0 bridgehead atoms. The lowest BCUT2D eigenvalue weighted by molar-refractivity contribution is 0.0998. The number of carbonyl (C=O) groups excluding carboxylic acids is 1. The summed E-state index contributed by atoms with van der Waals surface area (Å²) in [4.78, 5) is 11.3. The number of primary amides is 1. The quantitative estimate of drug-likeness (QED) is 0.849. The first-order valence-electron chi connectivity index (χ1n) is 5.29. The molecule has 0 heterocycles. The lowest BCUT2D eigenvalue weighted by Crippen LogP contribution is -2.12. The van der Waals surface area contributed by atoms with Crippen molar-refractivity contribution in [3.05, 3.63) is 52.8 Å². The van der Waals surface area contributed by atoms with E-state index in [1.54, 1.807) is 6.07 Å². The Bertz CT molecular complexity index is 647. The fourth-order valence-corrected chi connectivity index (χ4v) is 1.71. The van der Waals surface area contributed by atoms with Crippen molar-refractivity contribution in [2.24, 2.45) is 5.73 Å². The zero-order valence-electron chi connectivity index (χ0n) is 9.69. The van der Waals surface area contributed by atoms with Gasteiger partial charge in [0.15, 0.2) is 0 Å². The number of hydrogen-bond donors (Lipinski definition) is 2. The summed E-state index contributed by atoms with van der Waals surface area (Å²) in [6.45, 7) is 0. The number of rotatable bonds is 3. The molecule has 98 valence electrons. The smallest absolute Gasteiger partial charge is 0.252 e. The van der Waals surface area contributed by atoms with Crippen LogP contribution in [0.3, 0.4) is 0 Å². The van der Waals surface area contributed by atoms with Crippen molar-refractivity contribution < 1.29 is 13.9 Å². The van der Waals surface area contributed by atoms with Crippen LogP contribution < -0.4 is 16.2 Å². The van der Waals surface area contributed by atoms with Gasteiger partial charge in [0.2, 0.25) is 0 Å². The minimum Gasteiger partial charge on any atom is -0.455 e. The summed E-state index contributed by atoms with van der Waals surface area (Å²) in [5.41, 5.74) is 11.3. The van der Waals surface area contributed by atoms with Gasteiger partial charge < -0.3 is 16.2 Å². The van der Waals surface area contributed by atoms with E-state index in [2.05, 4.69) is 0 Å². The van der Waals surface area contributed by atoms with Crippen LogP contribution in [0.2, 0.25) is 5.02 Å². The second kappa shape index (κ2) is 5.16. The average molecular weight is 281 g/mol. The maximum Gasteiger partial charge on any atom is 0.252 e. The Morgan fingerprint density at radius 3 is 2.47 bits per heavy atom. The number of benzene rings is 2. The predicted octanol–water partition coefficient (Wildman–Crippen LogP) is 2.95. The Balaban J connectivity index is 2.40. The fourth-order valence-electron chi connectivity index (χ4n) is 1.51. The van der Waals surface area contributed by atoms with Crippen LogP contribution >= 0.6 is 11.6 Å². The summed E-state index contributed by atoms with van der Waals surface area (Å²) in [5, 5.41) is 0.0900. The molecule has 4 N–H and O–H groups in total. The molecule has 2 rings (SSSR count). The number of anilines is 1.